The van der Waals surface area contributed by atoms with Crippen molar-refractivity contribution in [1.82, 2.24) is 9.97 Å². The lowest BCUT2D eigenvalue weighted by molar-refractivity contribution is 0.0190. The molecule has 0 aliphatic carbocycles. The van der Waals surface area contributed by atoms with Crippen molar-refractivity contribution in [2.45, 2.75) is 26.1 Å². The second kappa shape index (κ2) is 8.24. The number of methoxy groups -OCH3 is 1. The highest BCUT2D eigenvalue weighted by molar-refractivity contribution is 7.19. The number of hydrogen-bond acceptors (Lipinski definition) is 7. The number of amides is 1. The first-order chi connectivity index (χ1) is 13.7. The van der Waals surface area contributed by atoms with Gasteiger partial charge < -0.3 is 20.9 Å². The summed E-state index contributed by atoms with van der Waals surface area (Å²) in [4.78, 5) is 20.5. The maximum Gasteiger partial charge on any atom is 0.251 e. The summed E-state index contributed by atoms with van der Waals surface area (Å²) >= 11 is 1.18. The van der Waals surface area contributed by atoms with Crippen molar-refractivity contribution in [3.05, 3.63) is 59.3 Å². The van der Waals surface area contributed by atoms with Crippen LogP contribution in [0.3, 0.4) is 0 Å². The van der Waals surface area contributed by atoms with Crippen molar-refractivity contribution < 1.29 is 19.0 Å². The number of carbonyl (C=O) groups excluding carboxylic acids is 1. The molecule has 0 bridgehead atoms. The molecular weight excluding hydrogens is 395 g/mol. The number of benzene rings is 1. The summed E-state index contributed by atoms with van der Waals surface area (Å²) in [7, 11) is 1.57. The molecule has 1 amide bonds. The number of nitrogens with one attached hydrogen (secondary N) is 1. The van der Waals surface area contributed by atoms with Gasteiger partial charge in [-0.25, -0.2) is 14.4 Å². The summed E-state index contributed by atoms with van der Waals surface area (Å²) in [5, 5.41) is 12.6. The predicted octanol–water partition coefficient (Wildman–Crippen LogP) is 3.56. The van der Waals surface area contributed by atoms with Gasteiger partial charge in [-0.15, -0.1) is 11.3 Å². The van der Waals surface area contributed by atoms with E-state index in [-0.39, 0.29) is 18.0 Å². The van der Waals surface area contributed by atoms with Gasteiger partial charge in [-0.2, -0.15) is 0 Å². The lowest BCUT2D eigenvalue weighted by Crippen LogP contribution is -2.19. The summed E-state index contributed by atoms with van der Waals surface area (Å²) in [5.41, 5.74) is 6.13. The summed E-state index contributed by atoms with van der Waals surface area (Å²) in [6.45, 7) is 3.38. The second-order valence-electron chi connectivity index (χ2n) is 6.77. The van der Waals surface area contributed by atoms with E-state index in [0.29, 0.717) is 26.8 Å². The van der Waals surface area contributed by atoms with E-state index in [4.69, 9.17) is 10.5 Å². The Hall–Kier alpha value is -2.88. The molecule has 0 fully saturated rings. The summed E-state index contributed by atoms with van der Waals surface area (Å²) in [6, 6.07) is 8.00. The van der Waals surface area contributed by atoms with E-state index < -0.39 is 17.3 Å². The van der Waals surface area contributed by atoms with Crippen LogP contribution in [0.1, 0.15) is 35.6 Å². The highest BCUT2D eigenvalue weighted by Crippen LogP contribution is 2.39. The number of anilines is 2. The van der Waals surface area contributed by atoms with Gasteiger partial charge in [0.1, 0.15) is 23.2 Å². The number of ether oxygens (including phenoxy) is 1. The zero-order valence-corrected chi connectivity index (χ0v) is 17.0. The average Bonchev–Trinajstić information content (AvgIpc) is 3.11. The Balaban J connectivity index is 1.99. The van der Waals surface area contributed by atoms with E-state index in [2.05, 4.69) is 15.3 Å². The average molecular weight is 416 g/mol. The number of rotatable bonds is 7. The largest absolute Gasteiger partial charge is 0.388 e. The van der Waals surface area contributed by atoms with E-state index in [1.165, 1.54) is 23.6 Å². The van der Waals surface area contributed by atoms with Crippen molar-refractivity contribution in [1.29, 1.82) is 0 Å². The molecule has 0 atom stereocenters. The van der Waals surface area contributed by atoms with Gasteiger partial charge in [-0.1, -0.05) is 12.1 Å². The molecule has 7 nitrogen and oxygen atoms in total. The lowest BCUT2D eigenvalue weighted by atomic mass is 9.96. The molecule has 0 unspecified atom stereocenters. The molecule has 3 rings (SSSR count). The Morgan fingerprint density at radius 2 is 2.10 bits per heavy atom. The van der Waals surface area contributed by atoms with E-state index in [1.54, 1.807) is 31.4 Å². The van der Waals surface area contributed by atoms with Gasteiger partial charge in [-0.05, 0) is 37.6 Å². The van der Waals surface area contributed by atoms with Crippen LogP contribution >= 0.6 is 11.3 Å². The molecule has 152 valence electrons. The number of nitrogens with two attached hydrogens (primary N) is 1. The van der Waals surface area contributed by atoms with Crippen LogP contribution in [0, 0.1) is 5.82 Å². The van der Waals surface area contributed by atoms with Crippen LogP contribution in [0.2, 0.25) is 0 Å². The van der Waals surface area contributed by atoms with Crippen molar-refractivity contribution in [3.8, 4) is 10.4 Å². The number of halogens is 1. The monoisotopic (exact) mass is 416 g/mol. The predicted molar refractivity (Wildman–Crippen MR) is 110 cm³/mol. The first-order valence-corrected chi connectivity index (χ1v) is 9.56. The minimum absolute atomic E-state index is 0.217. The van der Waals surface area contributed by atoms with Gasteiger partial charge in [0, 0.05) is 23.7 Å². The second-order valence-corrected chi connectivity index (χ2v) is 7.82. The van der Waals surface area contributed by atoms with Crippen molar-refractivity contribution in [2.75, 3.05) is 12.4 Å². The third-order valence-electron chi connectivity index (χ3n) is 4.53. The maximum absolute atomic E-state index is 14.8. The number of aliphatic hydroxyl groups excluding tert-OH is 1. The summed E-state index contributed by atoms with van der Waals surface area (Å²) < 4.78 is 20.2. The van der Waals surface area contributed by atoms with Crippen LogP contribution in [0.5, 0.6) is 0 Å². The zero-order chi connectivity index (χ0) is 21.2. The number of aliphatic hydroxyl groups is 1. The number of nitrogens with zero attached hydrogens (tertiary/aromatic N) is 2. The molecule has 9 heteroatoms. The third kappa shape index (κ3) is 4.42. The molecule has 0 spiro atoms. The minimum atomic E-state index is -0.649. The molecular formula is C20H21FN4O3S. The fourth-order valence-corrected chi connectivity index (χ4v) is 3.77. The fraction of sp³-hybridized carbons (Fsp3) is 0.250. The van der Waals surface area contributed by atoms with Gasteiger partial charge in [0.2, 0.25) is 0 Å². The van der Waals surface area contributed by atoms with Crippen LogP contribution in [0.15, 0.2) is 36.5 Å². The van der Waals surface area contributed by atoms with Crippen molar-refractivity contribution in [2.24, 2.45) is 5.73 Å². The fourth-order valence-electron chi connectivity index (χ4n) is 2.67. The molecule has 3 aromatic rings. The topological polar surface area (TPSA) is 110 Å². The Morgan fingerprint density at radius 1 is 1.34 bits per heavy atom. The van der Waals surface area contributed by atoms with Gasteiger partial charge in [0.05, 0.1) is 11.2 Å². The number of carbonyl (C=O) groups is 1. The van der Waals surface area contributed by atoms with E-state index in [9.17, 15) is 14.3 Å². The van der Waals surface area contributed by atoms with Crippen LogP contribution in [0.4, 0.5) is 15.2 Å². The van der Waals surface area contributed by atoms with Crippen molar-refractivity contribution in [3.63, 3.8) is 0 Å². The third-order valence-corrected chi connectivity index (χ3v) is 5.61. The van der Waals surface area contributed by atoms with E-state index >= 15 is 0 Å². The molecule has 0 aliphatic rings. The first kappa shape index (κ1) is 20.8. The quantitative estimate of drug-likeness (QED) is 0.543. The Bertz CT molecular complexity index is 1050. The molecule has 1 aromatic carbocycles. The molecule has 4 N–H and O–H groups in total. The number of hydrogen-bond donors (Lipinski definition) is 3. The standard InChI is InChI=1S/C20H21FN4O3S/c1-20(2,28-3)11-4-5-12(14(21)8-11)15-9-13(18(22)27)19(29-15)25-16-6-7-23-17(10-26)24-16/h4-9,26H,10H2,1-3H3,(H2,22,27)(H,23,24,25). The van der Waals surface area contributed by atoms with Gasteiger partial charge >= 0.3 is 0 Å². The van der Waals surface area contributed by atoms with Crippen LogP contribution in [-0.2, 0) is 16.9 Å². The lowest BCUT2D eigenvalue weighted by Gasteiger charge is -2.23. The van der Waals surface area contributed by atoms with Crippen LogP contribution in [-0.4, -0.2) is 28.1 Å². The van der Waals surface area contributed by atoms with Crippen LogP contribution in [0.25, 0.3) is 10.4 Å². The zero-order valence-electron chi connectivity index (χ0n) is 16.2. The molecule has 0 saturated carbocycles. The van der Waals surface area contributed by atoms with Gasteiger partial charge in [0.15, 0.2) is 5.82 Å². The molecule has 0 radical (unpaired) electrons. The van der Waals surface area contributed by atoms with Gasteiger partial charge in [-0.3, -0.25) is 4.79 Å². The molecule has 0 saturated heterocycles. The van der Waals surface area contributed by atoms with Gasteiger partial charge in [0.25, 0.3) is 5.91 Å². The van der Waals surface area contributed by atoms with E-state index in [0.717, 1.165) is 0 Å². The van der Waals surface area contributed by atoms with Crippen LogP contribution < -0.4 is 11.1 Å². The highest BCUT2D eigenvalue weighted by atomic mass is 32.1. The molecule has 2 heterocycles. The maximum atomic E-state index is 14.8. The Labute approximate surface area is 171 Å². The Kier molecular flexibility index (Phi) is 5.92. The number of aromatic nitrogens is 2. The summed E-state index contributed by atoms with van der Waals surface area (Å²) in [5.74, 6) is -0.461. The molecule has 2 aromatic heterocycles. The normalized spacial score (nSPS) is 11.5. The number of thiophene rings is 1. The minimum Gasteiger partial charge on any atom is -0.388 e. The molecule has 29 heavy (non-hydrogen) atoms. The highest BCUT2D eigenvalue weighted by Gasteiger charge is 2.22. The first-order valence-electron chi connectivity index (χ1n) is 8.74. The van der Waals surface area contributed by atoms with E-state index in [1.807, 2.05) is 13.8 Å². The molecule has 0 aliphatic heterocycles. The summed E-state index contributed by atoms with van der Waals surface area (Å²) in [6.07, 6.45) is 1.48. The number of primary amides is 1. The van der Waals surface area contributed by atoms with Crippen molar-refractivity contribution >= 4 is 28.1 Å². The smallest absolute Gasteiger partial charge is 0.251 e. The SMILES string of the molecule is COC(C)(C)c1ccc(-c2cc(C(N)=O)c(Nc3ccnc(CO)n3)s2)c(F)c1. The Morgan fingerprint density at radius 3 is 2.72 bits per heavy atom.